The van der Waals surface area contributed by atoms with E-state index in [0.29, 0.717) is 18.5 Å². The first-order valence-corrected chi connectivity index (χ1v) is 12.3. The summed E-state index contributed by atoms with van der Waals surface area (Å²) in [5, 5.41) is 16.5. The minimum Gasteiger partial charge on any atom is -0.384 e. The highest BCUT2D eigenvalue weighted by Gasteiger charge is 2.29. The van der Waals surface area contributed by atoms with Crippen molar-refractivity contribution in [3.8, 4) is 11.1 Å². The van der Waals surface area contributed by atoms with Crippen LogP contribution < -0.4 is 21.7 Å². The lowest BCUT2D eigenvalue weighted by atomic mass is 9.85. The number of nitrogens with two attached hydrogens (primary N) is 1. The Kier molecular flexibility index (Phi) is 8.13. The van der Waals surface area contributed by atoms with Crippen molar-refractivity contribution in [2.45, 2.75) is 44.3 Å². The molecule has 0 saturated carbocycles. The van der Waals surface area contributed by atoms with Gasteiger partial charge in [0.1, 0.15) is 11.9 Å². The Labute approximate surface area is 212 Å². The maximum atomic E-state index is 12.9. The number of nitrogens with one attached hydrogen (secondary N) is 4. The van der Waals surface area contributed by atoms with E-state index < -0.39 is 6.04 Å². The maximum absolute atomic E-state index is 12.9. The van der Waals surface area contributed by atoms with Gasteiger partial charge in [-0.1, -0.05) is 78.9 Å². The van der Waals surface area contributed by atoms with E-state index in [9.17, 15) is 9.59 Å². The van der Waals surface area contributed by atoms with E-state index in [0.717, 1.165) is 18.5 Å². The lowest BCUT2D eigenvalue weighted by Gasteiger charge is -2.30. The Bertz CT molecular complexity index is 1190. The molecule has 0 unspecified atom stereocenters. The van der Waals surface area contributed by atoms with Gasteiger partial charge in [-0.2, -0.15) is 0 Å². The molecule has 0 aliphatic carbocycles. The van der Waals surface area contributed by atoms with E-state index in [1.165, 1.54) is 16.7 Å². The summed E-state index contributed by atoms with van der Waals surface area (Å²) in [6.45, 7) is 2.77. The molecule has 0 bridgehead atoms. The molecule has 1 aliphatic rings. The first kappa shape index (κ1) is 25.1. The Balaban J connectivity index is 1.28. The van der Waals surface area contributed by atoms with Gasteiger partial charge >= 0.3 is 0 Å². The van der Waals surface area contributed by atoms with Gasteiger partial charge in [0.15, 0.2) is 0 Å². The summed E-state index contributed by atoms with van der Waals surface area (Å²) in [7, 11) is 0. The number of benzene rings is 3. The lowest BCUT2D eigenvalue weighted by molar-refractivity contribution is -0.130. The number of carbonyl (C=O) groups excluding carboxylic acids is 2. The van der Waals surface area contributed by atoms with E-state index in [4.69, 9.17) is 11.1 Å². The van der Waals surface area contributed by atoms with Gasteiger partial charge in [0.05, 0.1) is 6.04 Å². The van der Waals surface area contributed by atoms with Crippen LogP contribution in [0, 0.1) is 5.41 Å². The number of carbonyl (C=O) groups is 2. The average molecular weight is 484 g/mol. The second-order valence-electron chi connectivity index (χ2n) is 9.27. The molecule has 7 nitrogen and oxygen atoms in total. The van der Waals surface area contributed by atoms with Crippen LogP contribution in [0.1, 0.15) is 42.4 Å². The summed E-state index contributed by atoms with van der Waals surface area (Å²) in [5.74, 6) is -0.115. The fraction of sp³-hybridized carbons (Fsp3) is 0.276. The number of piperidine rings is 1. The molecule has 186 valence electrons. The van der Waals surface area contributed by atoms with E-state index >= 15 is 0 Å². The molecule has 0 spiro atoms. The van der Waals surface area contributed by atoms with E-state index in [-0.39, 0.29) is 29.6 Å². The third kappa shape index (κ3) is 6.37. The van der Waals surface area contributed by atoms with Gasteiger partial charge in [-0.05, 0) is 54.5 Å². The van der Waals surface area contributed by atoms with E-state index in [2.05, 4.69) is 52.3 Å². The normalized spacial score (nSPS) is 18.1. The zero-order chi connectivity index (χ0) is 25.5. The van der Waals surface area contributed by atoms with Crippen LogP contribution >= 0.6 is 0 Å². The molecule has 1 heterocycles. The van der Waals surface area contributed by atoms with Crippen molar-refractivity contribution in [1.82, 2.24) is 16.0 Å². The highest BCUT2D eigenvalue weighted by atomic mass is 16.2. The molecule has 0 radical (unpaired) electrons. The molecular formula is C29H33N5O2. The molecular weight excluding hydrogens is 450 g/mol. The molecule has 4 rings (SSSR count). The molecule has 2 amide bonds. The third-order valence-corrected chi connectivity index (χ3v) is 6.69. The van der Waals surface area contributed by atoms with Crippen molar-refractivity contribution in [2.24, 2.45) is 5.73 Å². The maximum Gasteiger partial charge on any atom is 0.242 e. The van der Waals surface area contributed by atoms with E-state index in [1.807, 2.05) is 30.3 Å². The molecule has 36 heavy (non-hydrogen) atoms. The van der Waals surface area contributed by atoms with Crippen molar-refractivity contribution in [3.05, 3.63) is 95.6 Å². The first-order valence-electron chi connectivity index (χ1n) is 12.3. The summed E-state index contributed by atoms with van der Waals surface area (Å²) in [6.07, 6.45) is 1.65. The van der Waals surface area contributed by atoms with Crippen LogP contribution in [0.25, 0.3) is 11.1 Å². The summed E-state index contributed by atoms with van der Waals surface area (Å²) in [5.41, 5.74) is 10.6. The topological polar surface area (TPSA) is 120 Å². The predicted octanol–water partition coefficient (Wildman–Crippen LogP) is 3.29. The van der Waals surface area contributed by atoms with E-state index in [1.54, 1.807) is 19.1 Å². The van der Waals surface area contributed by atoms with Gasteiger partial charge in [0, 0.05) is 12.1 Å². The fourth-order valence-corrected chi connectivity index (χ4v) is 4.52. The SMILES string of the molecule is C[C@H](NC(=O)[C@H]1C[C@@H](c2ccc(-c3ccccc3)cc2)CCN1)C(=O)NCc1ccc(C(=N)N)cc1. The van der Waals surface area contributed by atoms with Crippen molar-refractivity contribution in [2.75, 3.05) is 6.54 Å². The summed E-state index contributed by atoms with van der Waals surface area (Å²) in [6, 6.07) is 25.0. The molecule has 3 atom stereocenters. The van der Waals surface area contributed by atoms with Crippen LogP contribution in [-0.2, 0) is 16.1 Å². The minimum absolute atomic E-state index is 0.00433. The number of hydrogen-bond acceptors (Lipinski definition) is 4. The minimum atomic E-state index is -0.652. The van der Waals surface area contributed by atoms with Gasteiger partial charge in [-0.15, -0.1) is 0 Å². The Morgan fingerprint density at radius 3 is 2.33 bits per heavy atom. The molecule has 6 N–H and O–H groups in total. The van der Waals surface area contributed by atoms with Gasteiger partial charge in [-0.25, -0.2) is 0 Å². The van der Waals surface area contributed by atoms with Gasteiger partial charge < -0.3 is 21.7 Å². The Hall–Kier alpha value is -3.97. The number of rotatable bonds is 8. The smallest absolute Gasteiger partial charge is 0.242 e. The summed E-state index contributed by atoms with van der Waals surface area (Å²) < 4.78 is 0. The molecule has 7 heteroatoms. The van der Waals surface area contributed by atoms with Crippen LogP contribution in [0.4, 0.5) is 0 Å². The third-order valence-electron chi connectivity index (χ3n) is 6.69. The van der Waals surface area contributed by atoms with Gasteiger partial charge in [0.2, 0.25) is 11.8 Å². The van der Waals surface area contributed by atoms with Crippen molar-refractivity contribution >= 4 is 17.6 Å². The first-order chi connectivity index (χ1) is 17.4. The van der Waals surface area contributed by atoms with Gasteiger partial charge in [-0.3, -0.25) is 15.0 Å². The molecule has 1 aliphatic heterocycles. The predicted molar refractivity (Wildman–Crippen MR) is 143 cm³/mol. The average Bonchev–Trinajstić information content (AvgIpc) is 2.92. The van der Waals surface area contributed by atoms with Crippen LogP contribution in [0.3, 0.4) is 0 Å². The van der Waals surface area contributed by atoms with Crippen molar-refractivity contribution < 1.29 is 9.59 Å². The lowest BCUT2D eigenvalue weighted by Crippen LogP contribution is -2.53. The zero-order valence-electron chi connectivity index (χ0n) is 20.5. The van der Waals surface area contributed by atoms with Crippen molar-refractivity contribution in [3.63, 3.8) is 0 Å². The van der Waals surface area contributed by atoms with Crippen LogP contribution in [0.5, 0.6) is 0 Å². The van der Waals surface area contributed by atoms with Gasteiger partial charge in [0.25, 0.3) is 0 Å². The second-order valence-corrected chi connectivity index (χ2v) is 9.27. The zero-order valence-corrected chi connectivity index (χ0v) is 20.5. The molecule has 1 saturated heterocycles. The molecule has 1 fully saturated rings. The highest BCUT2D eigenvalue weighted by Crippen LogP contribution is 2.30. The monoisotopic (exact) mass is 483 g/mol. The van der Waals surface area contributed by atoms with Crippen LogP contribution in [0.15, 0.2) is 78.9 Å². The molecule has 3 aromatic rings. The second kappa shape index (κ2) is 11.6. The number of amidine groups is 1. The fourth-order valence-electron chi connectivity index (χ4n) is 4.52. The standard InChI is InChI=1S/C29H33N5O2/c1-19(28(35)33-18-20-7-9-24(10-8-20)27(30)31)34-29(36)26-17-25(15-16-32-26)23-13-11-22(12-14-23)21-5-3-2-4-6-21/h2-14,19,25-26,32H,15-18H2,1H3,(H3,30,31)(H,33,35)(H,34,36)/t19-,25-,26+/m0/s1. The number of amides is 2. The van der Waals surface area contributed by atoms with Crippen LogP contribution in [-0.4, -0.2) is 36.3 Å². The quantitative estimate of drug-likeness (QED) is 0.249. The molecule has 3 aromatic carbocycles. The Morgan fingerprint density at radius 2 is 1.67 bits per heavy atom. The van der Waals surface area contributed by atoms with Crippen LogP contribution in [0.2, 0.25) is 0 Å². The van der Waals surface area contributed by atoms with Crippen molar-refractivity contribution in [1.29, 1.82) is 5.41 Å². The molecule has 0 aromatic heterocycles. The number of hydrogen-bond donors (Lipinski definition) is 5. The Morgan fingerprint density at radius 1 is 1.00 bits per heavy atom. The number of nitrogen functional groups attached to an aromatic ring is 1. The largest absolute Gasteiger partial charge is 0.384 e. The summed E-state index contributed by atoms with van der Waals surface area (Å²) in [4.78, 5) is 25.5. The highest BCUT2D eigenvalue weighted by molar-refractivity contribution is 5.95. The summed E-state index contributed by atoms with van der Waals surface area (Å²) >= 11 is 0.